The second-order valence-electron chi connectivity index (χ2n) is 6.38. The fourth-order valence-electron chi connectivity index (χ4n) is 2.61. The third kappa shape index (κ3) is 6.56. The van der Waals surface area contributed by atoms with Crippen LogP contribution in [-0.4, -0.2) is 33.7 Å². The average molecular weight is 410 g/mol. The Morgan fingerprint density at radius 3 is 2.33 bits per heavy atom. The molecule has 1 N–H and O–H groups in total. The Labute approximate surface area is 165 Å². The molecule has 7 heteroatoms. The lowest BCUT2D eigenvalue weighted by Gasteiger charge is -2.13. The Bertz CT molecular complexity index is 849. The van der Waals surface area contributed by atoms with Gasteiger partial charge in [-0.05, 0) is 54.8 Å². The summed E-state index contributed by atoms with van der Waals surface area (Å²) >= 11 is 5.85. The highest BCUT2D eigenvalue weighted by molar-refractivity contribution is 7.91. The molecule has 2 rings (SSSR count). The van der Waals surface area contributed by atoms with E-state index in [0.717, 1.165) is 18.4 Å². The van der Waals surface area contributed by atoms with Crippen molar-refractivity contribution in [2.45, 2.75) is 24.7 Å². The summed E-state index contributed by atoms with van der Waals surface area (Å²) in [7, 11) is -2.02. The van der Waals surface area contributed by atoms with Gasteiger partial charge in [0.15, 0.2) is 9.84 Å². The number of hydrogen-bond donors (Lipinski definition) is 1. The maximum absolute atomic E-state index is 12.5. The SMILES string of the molecule is COc1ccc(S(=O)(=O)CC(C)C(=O)NCCCc2ccc(Cl)cc2)cc1. The Morgan fingerprint density at radius 1 is 1.11 bits per heavy atom. The molecule has 0 radical (unpaired) electrons. The molecule has 146 valence electrons. The minimum Gasteiger partial charge on any atom is -0.497 e. The molecule has 0 bridgehead atoms. The summed E-state index contributed by atoms with van der Waals surface area (Å²) in [6.07, 6.45) is 1.58. The normalized spacial score (nSPS) is 12.4. The van der Waals surface area contributed by atoms with Gasteiger partial charge in [-0.15, -0.1) is 0 Å². The molecule has 5 nitrogen and oxygen atoms in total. The average Bonchev–Trinajstić information content (AvgIpc) is 2.66. The lowest BCUT2D eigenvalue weighted by Crippen LogP contribution is -2.33. The number of rotatable bonds is 9. The second kappa shape index (κ2) is 9.76. The van der Waals surface area contributed by atoms with Gasteiger partial charge in [0.2, 0.25) is 5.91 Å². The number of nitrogens with one attached hydrogen (secondary N) is 1. The van der Waals surface area contributed by atoms with Crippen LogP contribution in [0.4, 0.5) is 0 Å². The van der Waals surface area contributed by atoms with Crippen LogP contribution < -0.4 is 10.1 Å². The zero-order chi connectivity index (χ0) is 19.9. The van der Waals surface area contributed by atoms with Crippen molar-refractivity contribution >= 4 is 27.3 Å². The van der Waals surface area contributed by atoms with Crippen molar-refractivity contribution in [1.82, 2.24) is 5.32 Å². The van der Waals surface area contributed by atoms with Crippen molar-refractivity contribution in [2.75, 3.05) is 19.4 Å². The first-order valence-corrected chi connectivity index (χ1v) is 10.7. The lowest BCUT2D eigenvalue weighted by atomic mass is 10.1. The summed E-state index contributed by atoms with van der Waals surface area (Å²) in [4.78, 5) is 12.4. The number of methoxy groups -OCH3 is 1. The van der Waals surface area contributed by atoms with Gasteiger partial charge >= 0.3 is 0 Å². The van der Waals surface area contributed by atoms with E-state index in [9.17, 15) is 13.2 Å². The first-order valence-electron chi connectivity index (χ1n) is 8.71. The zero-order valence-electron chi connectivity index (χ0n) is 15.4. The third-order valence-electron chi connectivity index (χ3n) is 4.19. The predicted octanol–water partition coefficient (Wildman–Crippen LogP) is 3.51. The van der Waals surface area contributed by atoms with Gasteiger partial charge in [0.1, 0.15) is 5.75 Å². The molecule has 1 amide bonds. The van der Waals surface area contributed by atoms with Crippen LogP contribution >= 0.6 is 11.6 Å². The van der Waals surface area contributed by atoms with Crippen LogP contribution in [0.3, 0.4) is 0 Å². The van der Waals surface area contributed by atoms with E-state index >= 15 is 0 Å². The summed E-state index contributed by atoms with van der Waals surface area (Å²) < 4.78 is 29.9. The molecule has 0 saturated carbocycles. The smallest absolute Gasteiger partial charge is 0.223 e. The quantitative estimate of drug-likeness (QED) is 0.643. The minimum absolute atomic E-state index is 0.186. The zero-order valence-corrected chi connectivity index (χ0v) is 17.0. The summed E-state index contributed by atoms with van der Waals surface area (Å²) in [5, 5.41) is 3.50. The molecule has 1 unspecified atom stereocenters. The minimum atomic E-state index is -3.54. The van der Waals surface area contributed by atoms with E-state index in [2.05, 4.69) is 5.32 Å². The van der Waals surface area contributed by atoms with Crippen LogP contribution in [0.1, 0.15) is 18.9 Å². The van der Waals surface area contributed by atoms with Crippen molar-refractivity contribution in [3.05, 3.63) is 59.1 Å². The van der Waals surface area contributed by atoms with Crippen molar-refractivity contribution in [1.29, 1.82) is 0 Å². The Balaban J connectivity index is 1.80. The summed E-state index contributed by atoms with van der Waals surface area (Å²) in [5.41, 5.74) is 1.14. The lowest BCUT2D eigenvalue weighted by molar-refractivity contribution is -0.123. The molecule has 0 aromatic heterocycles. The fourth-order valence-corrected chi connectivity index (χ4v) is 4.29. The highest BCUT2D eigenvalue weighted by Crippen LogP contribution is 2.18. The largest absolute Gasteiger partial charge is 0.497 e. The van der Waals surface area contributed by atoms with Crippen molar-refractivity contribution < 1.29 is 17.9 Å². The molecule has 0 saturated heterocycles. The summed E-state index contributed by atoms with van der Waals surface area (Å²) in [6.45, 7) is 2.12. The van der Waals surface area contributed by atoms with Crippen LogP contribution in [0.5, 0.6) is 5.75 Å². The molecule has 1 atom stereocenters. The molecule has 2 aromatic rings. The van der Waals surface area contributed by atoms with Gasteiger partial charge in [-0.25, -0.2) is 8.42 Å². The van der Waals surface area contributed by atoms with E-state index in [1.54, 1.807) is 19.1 Å². The number of amides is 1. The topological polar surface area (TPSA) is 72.5 Å². The first-order chi connectivity index (χ1) is 12.8. The molecule has 0 fully saturated rings. The van der Waals surface area contributed by atoms with E-state index in [1.165, 1.54) is 19.2 Å². The van der Waals surface area contributed by atoms with E-state index in [0.29, 0.717) is 17.3 Å². The maximum Gasteiger partial charge on any atom is 0.223 e. The highest BCUT2D eigenvalue weighted by Gasteiger charge is 2.23. The van der Waals surface area contributed by atoms with E-state index < -0.39 is 15.8 Å². The third-order valence-corrected chi connectivity index (χ3v) is 6.37. The number of hydrogen-bond acceptors (Lipinski definition) is 4. The van der Waals surface area contributed by atoms with Gasteiger partial charge in [0.25, 0.3) is 0 Å². The molecule has 27 heavy (non-hydrogen) atoms. The number of benzene rings is 2. The number of carbonyl (C=O) groups is 1. The fraction of sp³-hybridized carbons (Fsp3) is 0.350. The van der Waals surface area contributed by atoms with Gasteiger partial charge in [-0.3, -0.25) is 4.79 Å². The second-order valence-corrected chi connectivity index (χ2v) is 8.85. The molecule has 0 heterocycles. The predicted molar refractivity (Wildman–Crippen MR) is 107 cm³/mol. The van der Waals surface area contributed by atoms with Gasteiger partial charge in [-0.2, -0.15) is 0 Å². The van der Waals surface area contributed by atoms with E-state index in [1.807, 2.05) is 24.3 Å². The van der Waals surface area contributed by atoms with Crippen molar-refractivity contribution in [2.24, 2.45) is 5.92 Å². The maximum atomic E-state index is 12.5. The van der Waals surface area contributed by atoms with Gasteiger partial charge in [0.05, 0.1) is 17.8 Å². The number of halogens is 1. The van der Waals surface area contributed by atoms with Crippen LogP contribution in [0.15, 0.2) is 53.4 Å². The van der Waals surface area contributed by atoms with Crippen LogP contribution in [0, 0.1) is 5.92 Å². The summed E-state index contributed by atoms with van der Waals surface area (Å²) in [5.74, 6) is -0.543. The Morgan fingerprint density at radius 2 is 1.74 bits per heavy atom. The molecule has 0 aliphatic carbocycles. The van der Waals surface area contributed by atoms with E-state index in [4.69, 9.17) is 16.3 Å². The number of sulfone groups is 1. The molecule has 0 aliphatic heterocycles. The van der Waals surface area contributed by atoms with Crippen LogP contribution in [0.2, 0.25) is 5.02 Å². The first kappa shape index (κ1) is 21.3. The number of ether oxygens (including phenoxy) is 1. The van der Waals surface area contributed by atoms with Crippen LogP contribution in [0.25, 0.3) is 0 Å². The molecule has 0 spiro atoms. The van der Waals surface area contributed by atoms with E-state index in [-0.39, 0.29) is 16.6 Å². The van der Waals surface area contributed by atoms with Crippen LogP contribution in [-0.2, 0) is 21.1 Å². The molecule has 0 aliphatic rings. The monoisotopic (exact) mass is 409 g/mol. The Hall–Kier alpha value is -2.05. The number of carbonyl (C=O) groups excluding carboxylic acids is 1. The molecular formula is C20H24ClNO4S. The van der Waals surface area contributed by atoms with Crippen molar-refractivity contribution in [3.8, 4) is 5.75 Å². The van der Waals surface area contributed by atoms with Gasteiger partial charge in [-0.1, -0.05) is 30.7 Å². The van der Waals surface area contributed by atoms with Crippen molar-refractivity contribution in [3.63, 3.8) is 0 Å². The standard InChI is InChI=1S/C20H24ClNO4S/c1-15(14-27(24,25)19-11-9-18(26-2)10-12-19)20(23)22-13-3-4-16-5-7-17(21)8-6-16/h5-12,15H,3-4,13-14H2,1-2H3,(H,22,23). The summed E-state index contributed by atoms with van der Waals surface area (Å²) in [6, 6.07) is 13.7. The highest BCUT2D eigenvalue weighted by atomic mass is 35.5. The number of aryl methyl sites for hydroxylation is 1. The van der Waals surface area contributed by atoms with Gasteiger partial charge < -0.3 is 10.1 Å². The molecular weight excluding hydrogens is 386 g/mol. The van der Waals surface area contributed by atoms with Gasteiger partial charge in [0, 0.05) is 17.5 Å². The Kier molecular flexibility index (Phi) is 7.68. The molecule has 2 aromatic carbocycles.